The van der Waals surface area contributed by atoms with Crippen LogP contribution in [0.3, 0.4) is 0 Å². The van der Waals surface area contributed by atoms with E-state index >= 15 is 0 Å². The van der Waals surface area contributed by atoms with Gasteiger partial charge in [-0.15, -0.1) is 0 Å². The average molecular weight is 153 g/mol. The van der Waals surface area contributed by atoms with Crippen LogP contribution < -0.4 is 5.32 Å². The Bertz CT molecular complexity index is 180. The Hall–Kier alpha value is -0.370. The largest absolute Gasteiger partial charge is 0.314 e. The Labute approximate surface area is 67.4 Å². The summed E-state index contributed by atoms with van der Waals surface area (Å²) >= 11 is 0. The first-order chi connectivity index (χ1) is 5.20. The van der Waals surface area contributed by atoms with Crippen LogP contribution in [0.25, 0.3) is 0 Å². The van der Waals surface area contributed by atoms with Gasteiger partial charge in [0.15, 0.2) is 0 Å². The molecule has 1 atom stereocenters. The van der Waals surface area contributed by atoms with E-state index in [4.69, 9.17) is 0 Å². The lowest BCUT2D eigenvalue weighted by atomic mass is 9.61. The van der Waals surface area contributed by atoms with Crippen LogP contribution >= 0.6 is 0 Å². The molecule has 1 spiro atoms. The summed E-state index contributed by atoms with van der Waals surface area (Å²) < 4.78 is 0. The van der Waals surface area contributed by atoms with E-state index in [9.17, 15) is 4.79 Å². The van der Waals surface area contributed by atoms with Gasteiger partial charge in [-0.25, -0.2) is 0 Å². The van der Waals surface area contributed by atoms with Gasteiger partial charge in [0, 0.05) is 18.9 Å². The zero-order chi connectivity index (χ0) is 7.90. The van der Waals surface area contributed by atoms with E-state index in [0.29, 0.717) is 17.2 Å². The lowest BCUT2D eigenvalue weighted by Gasteiger charge is -2.46. The van der Waals surface area contributed by atoms with Crippen molar-refractivity contribution < 1.29 is 4.79 Å². The van der Waals surface area contributed by atoms with Gasteiger partial charge in [-0.2, -0.15) is 0 Å². The van der Waals surface area contributed by atoms with E-state index in [1.807, 2.05) is 0 Å². The van der Waals surface area contributed by atoms with Crippen molar-refractivity contribution in [3.8, 4) is 0 Å². The third-order valence-electron chi connectivity index (χ3n) is 3.03. The number of Topliss-reactive ketones (excluding diaryl/α,β-unsaturated/α-hetero) is 1. The van der Waals surface area contributed by atoms with Gasteiger partial charge in [0.2, 0.25) is 0 Å². The molecule has 0 amide bonds. The number of carbonyl (C=O) groups excluding carboxylic acids is 1. The summed E-state index contributed by atoms with van der Waals surface area (Å²) in [5.41, 5.74) is 0.432. The average Bonchev–Trinajstić information content (AvgIpc) is 1.84. The van der Waals surface area contributed by atoms with Crippen molar-refractivity contribution in [2.45, 2.75) is 38.6 Å². The maximum Gasteiger partial charge on any atom is 0.134 e. The smallest absolute Gasteiger partial charge is 0.134 e. The van der Waals surface area contributed by atoms with E-state index < -0.39 is 0 Å². The first kappa shape index (κ1) is 7.29. The van der Waals surface area contributed by atoms with Crippen LogP contribution in [0.1, 0.15) is 32.6 Å². The van der Waals surface area contributed by atoms with Crippen molar-refractivity contribution in [1.82, 2.24) is 5.32 Å². The van der Waals surface area contributed by atoms with Gasteiger partial charge in [0.05, 0.1) is 0 Å². The van der Waals surface area contributed by atoms with Gasteiger partial charge < -0.3 is 5.32 Å². The molecule has 2 rings (SSSR count). The van der Waals surface area contributed by atoms with Crippen LogP contribution in [0, 0.1) is 5.41 Å². The first-order valence-electron chi connectivity index (χ1n) is 4.45. The molecule has 0 radical (unpaired) electrons. The van der Waals surface area contributed by atoms with Crippen molar-refractivity contribution in [2.75, 3.05) is 6.54 Å². The fourth-order valence-electron chi connectivity index (χ4n) is 2.51. The Morgan fingerprint density at radius 1 is 1.55 bits per heavy atom. The molecule has 2 aliphatic rings. The van der Waals surface area contributed by atoms with Crippen molar-refractivity contribution in [3.63, 3.8) is 0 Å². The third-order valence-corrected chi connectivity index (χ3v) is 3.03. The molecule has 1 heterocycles. The summed E-state index contributed by atoms with van der Waals surface area (Å²) in [4.78, 5) is 10.9. The number of piperidine rings is 1. The number of hydrogen-bond donors (Lipinski definition) is 1. The van der Waals surface area contributed by atoms with E-state index in [2.05, 4.69) is 12.2 Å². The van der Waals surface area contributed by atoms with E-state index in [1.54, 1.807) is 0 Å². The second-order valence-corrected chi connectivity index (χ2v) is 4.20. The molecule has 1 N–H and O–H groups in total. The molecule has 1 aliphatic heterocycles. The summed E-state index contributed by atoms with van der Waals surface area (Å²) in [7, 11) is 0. The SMILES string of the molecule is CC1CC2(CCN1)CC(=O)C2. The van der Waals surface area contributed by atoms with Crippen molar-refractivity contribution in [2.24, 2.45) is 5.41 Å². The Morgan fingerprint density at radius 3 is 2.82 bits per heavy atom. The summed E-state index contributed by atoms with van der Waals surface area (Å²) in [6, 6.07) is 0.622. The molecule has 2 nitrogen and oxygen atoms in total. The second kappa shape index (κ2) is 2.31. The lowest BCUT2D eigenvalue weighted by Crippen LogP contribution is -2.49. The molecule has 11 heavy (non-hydrogen) atoms. The minimum atomic E-state index is 0.432. The Morgan fingerprint density at radius 2 is 2.27 bits per heavy atom. The summed E-state index contributed by atoms with van der Waals surface area (Å²) in [5, 5.41) is 3.41. The molecule has 1 saturated carbocycles. The van der Waals surface area contributed by atoms with Gasteiger partial charge in [0.25, 0.3) is 0 Å². The number of ketones is 1. The predicted octanol–water partition coefficient (Wildman–Crippen LogP) is 1.11. The van der Waals surface area contributed by atoms with Crippen LogP contribution in [-0.2, 0) is 4.79 Å². The van der Waals surface area contributed by atoms with Gasteiger partial charge in [-0.3, -0.25) is 4.79 Å². The standard InChI is InChI=1S/C9H15NO/c1-7-4-9(2-3-10-7)5-8(11)6-9/h7,10H,2-6H2,1H3. The highest BCUT2D eigenvalue weighted by Gasteiger charge is 2.45. The van der Waals surface area contributed by atoms with Crippen LogP contribution in [0.2, 0.25) is 0 Å². The number of hydrogen-bond acceptors (Lipinski definition) is 2. The molecule has 2 heteroatoms. The zero-order valence-corrected chi connectivity index (χ0v) is 7.02. The zero-order valence-electron chi connectivity index (χ0n) is 7.02. The quantitative estimate of drug-likeness (QED) is 0.564. The highest BCUT2D eigenvalue weighted by Crippen LogP contribution is 2.46. The summed E-state index contributed by atoms with van der Waals surface area (Å²) in [6.07, 6.45) is 4.14. The lowest BCUT2D eigenvalue weighted by molar-refractivity contribution is -0.134. The molecule has 0 aromatic rings. The van der Waals surface area contributed by atoms with Crippen LogP contribution in [0.15, 0.2) is 0 Å². The molecular formula is C9H15NO. The highest BCUT2D eigenvalue weighted by atomic mass is 16.1. The predicted molar refractivity (Wildman–Crippen MR) is 43.4 cm³/mol. The molecule has 0 aromatic heterocycles. The summed E-state index contributed by atoms with van der Waals surface area (Å²) in [5.74, 6) is 0.471. The monoisotopic (exact) mass is 153 g/mol. The number of nitrogens with one attached hydrogen (secondary N) is 1. The van der Waals surface area contributed by atoms with Gasteiger partial charge >= 0.3 is 0 Å². The molecule has 1 aliphatic carbocycles. The van der Waals surface area contributed by atoms with Crippen LogP contribution in [0.4, 0.5) is 0 Å². The Balaban J connectivity index is 1.98. The molecule has 2 fully saturated rings. The Kier molecular flexibility index (Phi) is 1.53. The van der Waals surface area contributed by atoms with E-state index in [1.165, 1.54) is 12.8 Å². The minimum Gasteiger partial charge on any atom is -0.314 e. The molecule has 1 unspecified atom stereocenters. The number of rotatable bonds is 0. The van der Waals surface area contributed by atoms with Gasteiger partial charge in [-0.1, -0.05) is 0 Å². The maximum absolute atomic E-state index is 10.9. The minimum absolute atomic E-state index is 0.432. The molecule has 62 valence electrons. The molecular weight excluding hydrogens is 138 g/mol. The normalized spacial score (nSPS) is 35.4. The molecule has 1 saturated heterocycles. The van der Waals surface area contributed by atoms with Gasteiger partial charge in [0.1, 0.15) is 5.78 Å². The maximum atomic E-state index is 10.9. The highest BCUT2D eigenvalue weighted by molar-refractivity contribution is 5.86. The van der Waals surface area contributed by atoms with Crippen molar-refractivity contribution in [3.05, 3.63) is 0 Å². The molecule has 0 aromatic carbocycles. The first-order valence-corrected chi connectivity index (χ1v) is 4.45. The molecule has 0 bridgehead atoms. The third kappa shape index (κ3) is 1.20. The second-order valence-electron chi connectivity index (χ2n) is 4.20. The topological polar surface area (TPSA) is 29.1 Å². The van der Waals surface area contributed by atoms with E-state index in [-0.39, 0.29) is 0 Å². The fourth-order valence-corrected chi connectivity index (χ4v) is 2.51. The summed E-state index contributed by atoms with van der Waals surface area (Å²) in [6.45, 7) is 3.32. The van der Waals surface area contributed by atoms with Crippen LogP contribution in [-0.4, -0.2) is 18.4 Å². The number of carbonyl (C=O) groups is 1. The fraction of sp³-hybridized carbons (Fsp3) is 0.889. The van der Waals surface area contributed by atoms with E-state index in [0.717, 1.165) is 19.4 Å². The van der Waals surface area contributed by atoms with Crippen LogP contribution in [0.5, 0.6) is 0 Å². The van der Waals surface area contributed by atoms with Crippen molar-refractivity contribution >= 4 is 5.78 Å². The van der Waals surface area contributed by atoms with Crippen molar-refractivity contribution in [1.29, 1.82) is 0 Å². The van der Waals surface area contributed by atoms with Gasteiger partial charge in [-0.05, 0) is 31.7 Å².